The minimum absolute atomic E-state index is 0.0319. The predicted octanol–water partition coefficient (Wildman–Crippen LogP) is 4.78. The van der Waals surface area contributed by atoms with Crippen LogP contribution in [0.5, 0.6) is 0 Å². The van der Waals surface area contributed by atoms with Gasteiger partial charge in [-0.3, -0.25) is 4.79 Å². The van der Waals surface area contributed by atoms with Crippen LogP contribution in [0.3, 0.4) is 0 Å². The lowest BCUT2D eigenvalue weighted by Gasteiger charge is -2.23. The third kappa shape index (κ3) is 4.58. The molecule has 0 N–H and O–H groups in total. The largest absolute Gasteiger partial charge is 0.354 e. The van der Waals surface area contributed by atoms with Gasteiger partial charge >= 0.3 is 0 Å². The highest BCUT2D eigenvalue weighted by molar-refractivity contribution is 6.00. The van der Waals surface area contributed by atoms with Crippen molar-refractivity contribution >= 4 is 11.7 Å². The highest BCUT2D eigenvalue weighted by atomic mass is 16.2. The van der Waals surface area contributed by atoms with Gasteiger partial charge in [-0.2, -0.15) is 10.4 Å². The van der Waals surface area contributed by atoms with Crippen LogP contribution in [0.1, 0.15) is 33.5 Å². The third-order valence-corrected chi connectivity index (χ3v) is 6.59. The Hall–Kier alpha value is -4.44. The molecule has 5 rings (SSSR count). The number of rotatable bonds is 4. The number of anilines is 1. The number of carbonyl (C=O) groups excluding carboxylic acids is 1. The molecule has 1 aliphatic heterocycles. The fourth-order valence-corrected chi connectivity index (χ4v) is 4.76. The first-order chi connectivity index (χ1) is 17.5. The van der Waals surface area contributed by atoms with Crippen molar-refractivity contribution in [1.82, 2.24) is 19.7 Å². The fraction of sp³-hybridized carbons (Fsp3) is 0.241. The van der Waals surface area contributed by atoms with Crippen molar-refractivity contribution in [3.63, 3.8) is 0 Å². The van der Waals surface area contributed by atoms with E-state index in [2.05, 4.69) is 41.9 Å². The number of pyridine rings is 1. The fourth-order valence-electron chi connectivity index (χ4n) is 4.76. The summed E-state index contributed by atoms with van der Waals surface area (Å²) in [5.74, 6) is 0.651. The maximum atomic E-state index is 13.9. The summed E-state index contributed by atoms with van der Waals surface area (Å²) in [7, 11) is 0. The van der Waals surface area contributed by atoms with Crippen LogP contribution in [0.4, 0.5) is 5.82 Å². The summed E-state index contributed by atoms with van der Waals surface area (Å²) >= 11 is 0. The number of aromatic nitrogens is 3. The van der Waals surface area contributed by atoms with Gasteiger partial charge in [0.15, 0.2) is 0 Å². The second-order valence-corrected chi connectivity index (χ2v) is 9.11. The molecule has 2 aromatic heterocycles. The Morgan fingerprint density at radius 2 is 1.81 bits per heavy atom. The van der Waals surface area contributed by atoms with Gasteiger partial charge in [-0.25, -0.2) is 9.67 Å². The molecule has 0 bridgehead atoms. The highest BCUT2D eigenvalue weighted by Crippen LogP contribution is 2.29. The van der Waals surface area contributed by atoms with E-state index in [0.717, 1.165) is 29.8 Å². The van der Waals surface area contributed by atoms with Crippen LogP contribution in [0.25, 0.3) is 16.9 Å². The van der Waals surface area contributed by atoms with Crippen molar-refractivity contribution in [2.24, 2.45) is 0 Å². The lowest BCUT2D eigenvalue weighted by molar-refractivity contribution is 0.0767. The SMILES string of the molecule is Cc1ccc(-c2nn(-c3ccccc3)cc2C(=O)N2CCCN(c3ncccc3C#N)CC2)c(C)c1. The van der Waals surface area contributed by atoms with Gasteiger partial charge in [0, 0.05) is 44.1 Å². The number of nitriles is 1. The van der Waals surface area contributed by atoms with Crippen LogP contribution < -0.4 is 4.90 Å². The average molecular weight is 477 g/mol. The van der Waals surface area contributed by atoms with Crippen LogP contribution in [-0.2, 0) is 0 Å². The number of hydrogen-bond donors (Lipinski definition) is 0. The molecule has 0 saturated carbocycles. The van der Waals surface area contributed by atoms with Gasteiger partial charge in [0.1, 0.15) is 17.6 Å². The molecular formula is C29H28N6O. The summed E-state index contributed by atoms with van der Waals surface area (Å²) < 4.78 is 1.79. The molecule has 1 saturated heterocycles. The Labute approximate surface area is 211 Å². The quantitative estimate of drug-likeness (QED) is 0.424. The molecule has 0 atom stereocenters. The van der Waals surface area contributed by atoms with Gasteiger partial charge in [-0.15, -0.1) is 0 Å². The molecular weight excluding hydrogens is 448 g/mol. The zero-order valence-corrected chi connectivity index (χ0v) is 20.6. The number of para-hydroxylation sites is 1. The molecule has 1 fully saturated rings. The number of carbonyl (C=O) groups is 1. The van der Waals surface area contributed by atoms with Crippen LogP contribution in [0, 0.1) is 25.2 Å². The first kappa shape index (κ1) is 23.3. The van der Waals surface area contributed by atoms with E-state index < -0.39 is 0 Å². The van der Waals surface area contributed by atoms with Crippen LogP contribution in [0.15, 0.2) is 73.1 Å². The molecule has 4 aromatic rings. The molecule has 0 spiro atoms. The van der Waals surface area contributed by atoms with Gasteiger partial charge in [0.2, 0.25) is 0 Å². The van der Waals surface area contributed by atoms with E-state index in [-0.39, 0.29) is 5.91 Å². The van der Waals surface area contributed by atoms with Crippen molar-refractivity contribution in [2.75, 3.05) is 31.1 Å². The van der Waals surface area contributed by atoms with E-state index in [1.165, 1.54) is 5.56 Å². The van der Waals surface area contributed by atoms with E-state index in [1.807, 2.05) is 47.5 Å². The van der Waals surface area contributed by atoms with Gasteiger partial charge in [0.05, 0.1) is 16.8 Å². The van der Waals surface area contributed by atoms with Crippen LogP contribution in [0.2, 0.25) is 0 Å². The molecule has 1 amide bonds. The molecule has 2 aromatic carbocycles. The topological polar surface area (TPSA) is 78.1 Å². The summed E-state index contributed by atoms with van der Waals surface area (Å²) in [6.07, 6.45) is 4.35. The third-order valence-electron chi connectivity index (χ3n) is 6.59. The van der Waals surface area contributed by atoms with Gasteiger partial charge in [-0.05, 0) is 50.1 Å². The number of amides is 1. The van der Waals surface area contributed by atoms with Crippen molar-refractivity contribution < 1.29 is 4.79 Å². The minimum Gasteiger partial charge on any atom is -0.354 e. The summed E-state index contributed by atoms with van der Waals surface area (Å²) in [5, 5.41) is 14.4. The monoisotopic (exact) mass is 476 g/mol. The highest BCUT2D eigenvalue weighted by Gasteiger charge is 2.27. The number of benzene rings is 2. The van der Waals surface area contributed by atoms with E-state index >= 15 is 0 Å². The minimum atomic E-state index is -0.0319. The normalized spacial score (nSPS) is 13.8. The molecule has 36 heavy (non-hydrogen) atoms. The Balaban J connectivity index is 1.47. The van der Waals surface area contributed by atoms with Gasteiger partial charge in [-0.1, -0.05) is 42.0 Å². The molecule has 180 valence electrons. The predicted molar refractivity (Wildman–Crippen MR) is 140 cm³/mol. The van der Waals surface area contributed by atoms with E-state index in [9.17, 15) is 10.1 Å². The number of nitrogens with zero attached hydrogens (tertiary/aromatic N) is 6. The van der Waals surface area contributed by atoms with Crippen molar-refractivity contribution in [1.29, 1.82) is 5.26 Å². The van der Waals surface area contributed by atoms with Crippen molar-refractivity contribution in [3.05, 3.63) is 95.3 Å². The average Bonchev–Trinajstić information content (AvgIpc) is 3.19. The molecule has 1 aliphatic rings. The molecule has 0 unspecified atom stereocenters. The second-order valence-electron chi connectivity index (χ2n) is 9.11. The number of hydrogen-bond acceptors (Lipinski definition) is 5. The molecule has 7 heteroatoms. The first-order valence-corrected chi connectivity index (χ1v) is 12.2. The van der Waals surface area contributed by atoms with Gasteiger partial charge in [0.25, 0.3) is 5.91 Å². The molecule has 7 nitrogen and oxygen atoms in total. The summed E-state index contributed by atoms with van der Waals surface area (Å²) in [5.41, 5.74) is 5.97. The summed E-state index contributed by atoms with van der Waals surface area (Å²) in [6.45, 7) is 6.65. The molecule has 3 heterocycles. The maximum Gasteiger partial charge on any atom is 0.257 e. The van der Waals surface area contributed by atoms with E-state index in [0.29, 0.717) is 42.3 Å². The van der Waals surface area contributed by atoms with E-state index in [4.69, 9.17) is 5.10 Å². The summed E-state index contributed by atoms with van der Waals surface area (Å²) in [4.78, 5) is 22.4. The van der Waals surface area contributed by atoms with Crippen molar-refractivity contribution in [2.45, 2.75) is 20.3 Å². The smallest absolute Gasteiger partial charge is 0.257 e. The standard InChI is InChI=1S/C29H28N6O/c1-21-11-12-25(22(2)18-21)27-26(20-35(32-27)24-9-4-3-5-10-24)29(36)34-15-7-14-33(16-17-34)28-23(19-30)8-6-13-31-28/h3-6,8-13,18,20H,7,14-17H2,1-2H3. The number of aryl methyl sites for hydroxylation is 2. The zero-order chi connectivity index (χ0) is 25.1. The zero-order valence-electron chi connectivity index (χ0n) is 20.6. The Morgan fingerprint density at radius 3 is 2.58 bits per heavy atom. The Bertz CT molecular complexity index is 1440. The van der Waals surface area contributed by atoms with E-state index in [1.54, 1.807) is 23.0 Å². The Morgan fingerprint density at radius 1 is 0.972 bits per heavy atom. The van der Waals surface area contributed by atoms with Crippen LogP contribution >= 0.6 is 0 Å². The lowest BCUT2D eigenvalue weighted by Crippen LogP contribution is -2.35. The first-order valence-electron chi connectivity index (χ1n) is 12.2. The molecule has 0 radical (unpaired) electrons. The molecule has 0 aliphatic carbocycles. The lowest BCUT2D eigenvalue weighted by atomic mass is 10.00. The van der Waals surface area contributed by atoms with Crippen LogP contribution in [-0.4, -0.2) is 51.8 Å². The second kappa shape index (κ2) is 10.0. The Kier molecular flexibility index (Phi) is 6.50. The maximum absolute atomic E-state index is 13.9. The van der Waals surface area contributed by atoms with Gasteiger partial charge < -0.3 is 9.80 Å². The van der Waals surface area contributed by atoms with Crippen molar-refractivity contribution in [3.8, 4) is 23.0 Å². The summed E-state index contributed by atoms with van der Waals surface area (Å²) in [6, 6.07) is 21.9.